The molecule has 0 aliphatic carbocycles. The number of ether oxygens (including phenoxy) is 1. The van der Waals surface area contributed by atoms with Crippen molar-refractivity contribution in [1.29, 1.82) is 0 Å². The lowest BCUT2D eigenvalue weighted by atomic mass is 10.1. The molecule has 0 spiro atoms. The van der Waals surface area contributed by atoms with Gasteiger partial charge in [-0.2, -0.15) is 4.98 Å². The number of aromatic nitrogens is 1. The molecule has 0 saturated carbocycles. The van der Waals surface area contributed by atoms with E-state index < -0.39 is 18.5 Å². The Balaban J connectivity index is 1.97. The number of esters is 1. The number of aromatic amines is 1. The van der Waals surface area contributed by atoms with Gasteiger partial charge in [0.2, 0.25) is 0 Å². The number of nitrogens with two attached hydrogens (primary N) is 1. The molecule has 132 valence electrons. The van der Waals surface area contributed by atoms with Crippen LogP contribution in [0.3, 0.4) is 0 Å². The molecule has 4 N–H and O–H groups in total. The number of pyridine rings is 1. The van der Waals surface area contributed by atoms with E-state index in [1.165, 1.54) is 0 Å². The fourth-order valence-corrected chi connectivity index (χ4v) is 2.63. The van der Waals surface area contributed by atoms with E-state index in [0.717, 1.165) is 5.56 Å². The number of carbonyl (C=O) groups excluding carboxylic acids is 2. The summed E-state index contributed by atoms with van der Waals surface area (Å²) < 4.78 is 4.93. The fourth-order valence-electron chi connectivity index (χ4n) is 2.02. The summed E-state index contributed by atoms with van der Waals surface area (Å²) in [5.74, 6) is -1.34. The van der Waals surface area contributed by atoms with Gasteiger partial charge in [0.15, 0.2) is 6.61 Å². The normalized spacial score (nSPS) is 11.7. The summed E-state index contributed by atoms with van der Waals surface area (Å²) in [7, 11) is 0. The molecular formula is C16H15Cl3N3O3+. The van der Waals surface area contributed by atoms with E-state index in [-0.39, 0.29) is 32.6 Å². The maximum absolute atomic E-state index is 12.1. The van der Waals surface area contributed by atoms with Crippen LogP contribution in [0.2, 0.25) is 15.2 Å². The molecule has 0 bridgehead atoms. The number of amides is 1. The number of benzene rings is 1. The average Bonchev–Trinajstić information content (AvgIpc) is 2.61. The quantitative estimate of drug-likeness (QED) is 0.592. The maximum Gasteiger partial charge on any atom is 0.405 e. The summed E-state index contributed by atoms with van der Waals surface area (Å²) in [4.78, 5) is 26.5. The van der Waals surface area contributed by atoms with Crippen LogP contribution in [0.15, 0.2) is 30.3 Å². The molecule has 0 aliphatic rings. The van der Waals surface area contributed by atoms with Crippen molar-refractivity contribution < 1.29 is 19.3 Å². The monoisotopic (exact) mass is 402 g/mol. The van der Waals surface area contributed by atoms with Crippen molar-refractivity contribution in [1.82, 2.24) is 5.32 Å². The Bertz CT molecular complexity index is 800. The molecule has 1 aromatic heterocycles. The molecule has 0 fully saturated rings. The first-order valence-electron chi connectivity index (χ1n) is 7.18. The summed E-state index contributed by atoms with van der Waals surface area (Å²) in [5.41, 5.74) is 6.34. The van der Waals surface area contributed by atoms with E-state index in [0.29, 0.717) is 0 Å². The predicted octanol–water partition coefficient (Wildman–Crippen LogP) is 3.08. The lowest BCUT2D eigenvalue weighted by molar-refractivity contribution is -0.380. The molecule has 1 atom stereocenters. The van der Waals surface area contributed by atoms with E-state index in [9.17, 15) is 9.59 Å². The SMILES string of the molecule is C[C@@H](NC(=O)COC(=O)c1[nH+]c(Cl)c(Cl)c(N)c1Cl)c1ccccc1. The fraction of sp³-hybridized carbons (Fsp3) is 0.188. The second kappa shape index (κ2) is 8.38. The standard InChI is InChI=1S/C16H14Cl3N3O3/c1-8(9-5-3-2-4-6-9)21-10(23)7-25-16(24)14-11(17)13(20)12(18)15(19)22-14/h2-6,8H,7H2,1H3,(H2,20,22)(H,21,23)/p+1/t8-/m1/s1. The number of carbonyl (C=O) groups is 2. The second-order valence-corrected chi connectivity index (χ2v) is 6.27. The Labute approximate surface area is 159 Å². The van der Waals surface area contributed by atoms with Gasteiger partial charge in [-0.3, -0.25) is 4.79 Å². The smallest absolute Gasteiger partial charge is 0.405 e. The number of nitrogen functional groups attached to an aromatic ring is 1. The van der Waals surface area contributed by atoms with Crippen LogP contribution in [0.4, 0.5) is 5.69 Å². The Kier molecular flexibility index (Phi) is 6.47. The third kappa shape index (κ3) is 4.75. The predicted molar refractivity (Wildman–Crippen MR) is 95.7 cm³/mol. The highest BCUT2D eigenvalue weighted by Gasteiger charge is 2.27. The molecule has 25 heavy (non-hydrogen) atoms. The van der Waals surface area contributed by atoms with Crippen molar-refractivity contribution in [3.05, 3.63) is 56.8 Å². The molecule has 0 aliphatic heterocycles. The zero-order chi connectivity index (χ0) is 18.6. The summed E-state index contributed by atoms with van der Waals surface area (Å²) in [6, 6.07) is 9.13. The molecule has 9 heteroatoms. The van der Waals surface area contributed by atoms with Crippen LogP contribution in [0.5, 0.6) is 0 Å². The molecule has 1 aromatic carbocycles. The molecule has 2 rings (SSSR count). The molecule has 6 nitrogen and oxygen atoms in total. The third-order valence-electron chi connectivity index (χ3n) is 3.34. The van der Waals surface area contributed by atoms with E-state index in [2.05, 4.69) is 10.3 Å². The third-order valence-corrected chi connectivity index (χ3v) is 4.50. The lowest BCUT2D eigenvalue weighted by Crippen LogP contribution is -2.32. The zero-order valence-corrected chi connectivity index (χ0v) is 15.4. The van der Waals surface area contributed by atoms with Gasteiger partial charge in [0.05, 0.1) is 11.7 Å². The van der Waals surface area contributed by atoms with Gasteiger partial charge in [-0.05, 0) is 24.1 Å². The van der Waals surface area contributed by atoms with Crippen molar-refractivity contribution in [2.45, 2.75) is 13.0 Å². The van der Waals surface area contributed by atoms with Crippen LogP contribution in [0.1, 0.15) is 29.0 Å². The number of H-pyrrole nitrogens is 1. The van der Waals surface area contributed by atoms with E-state index in [4.69, 9.17) is 45.3 Å². The van der Waals surface area contributed by atoms with Gasteiger partial charge in [0.25, 0.3) is 11.1 Å². The number of rotatable bonds is 5. The van der Waals surface area contributed by atoms with Gasteiger partial charge >= 0.3 is 11.7 Å². The van der Waals surface area contributed by atoms with E-state index in [1.54, 1.807) is 0 Å². The van der Waals surface area contributed by atoms with Crippen molar-refractivity contribution in [2.75, 3.05) is 12.3 Å². The summed E-state index contributed by atoms with van der Waals surface area (Å²) in [6.07, 6.45) is 0. The van der Waals surface area contributed by atoms with Crippen molar-refractivity contribution >= 4 is 52.4 Å². The number of hydrogen-bond donors (Lipinski definition) is 2. The van der Waals surface area contributed by atoms with Gasteiger partial charge < -0.3 is 15.8 Å². The van der Waals surface area contributed by atoms with Gasteiger partial charge in [-0.15, -0.1) is 0 Å². The van der Waals surface area contributed by atoms with Gasteiger partial charge in [0.1, 0.15) is 10.0 Å². The summed E-state index contributed by atoms with van der Waals surface area (Å²) >= 11 is 17.6. The highest BCUT2D eigenvalue weighted by atomic mass is 35.5. The van der Waals surface area contributed by atoms with Crippen molar-refractivity contribution in [2.24, 2.45) is 0 Å². The summed E-state index contributed by atoms with van der Waals surface area (Å²) in [5, 5.41) is 2.53. The highest BCUT2D eigenvalue weighted by molar-refractivity contribution is 6.45. The molecule has 0 unspecified atom stereocenters. The lowest BCUT2D eigenvalue weighted by Gasteiger charge is -2.14. The molecule has 2 aromatic rings. The minimum atomic E-state index is -0.877. The van der Waals surface area contributed by atoms with Crippen LogP contribution < -0.4 is 16.0 Å². The number of anilines is 1. The second-order valence-electron chi connectivity index (χ2n) is 5.13. The largest absolute Gasteiger partial charge is 0.448 e. The van der Waals surface area contributed by atoms with E-state index >= 15 is 0 Å². The Morgan fingerprint density at radius 2 is 1.84 bits per heavy atom. The van der Waals surface area contributed by atoms with Crippen LogP contribution in [0, 0.1) is 0 Å². The van der Waals surface area contributed by atoms with Crippen LogP contribution in [0.25, 0.3) is 0 Å². The minimum absolute atomic E-state index is 0.00218. The Hall–Kier alpha value is -2.02. The van der Waals surface area contributed by atoms with Gasteiger partial charge in [-0.1, -0.05) is 53.5 Å². The zero-order valence-electron chi connectivity index (χ0n) is 13.1. The molecule has 1 amide bonds. The van der Waals surface area contributed by atoms with Crippen molar-refractivity contribution in [3.8, 4) is 0 Å². The molecule has 1 heterocycles. The first kappa shape index (κ1) is 19.3. The van der Waals surface area contributed by atoms with Crippen LogP contribution in [-0.2, 0) is 9.53 Å². The minimum Gasteiger partial charge on any atom is -0.448 e. The Morgan fingerprint density at radius 1 is 1.20 bits per heavy atom. The van der Waals surface area contributed by atoms with Crippen LogP contribution >= 0.6 is 34.8 Å². The topological polar surface area (TPSA) is 95.6 Å². The number of hydrogen-bond acceptors (Lipinski definition) is 4. The van der Waals surface area contributed by atoms with Gasteiger partial charge in [-0.25, -0.2) is 4.79 Å². The molecule has 0 saturated heterocycles. The average molecular weight is 404 g/mol. The molecule has 0 radical (unpaired) electrons. The van der Waals surface area contributed by atoms with Crippen molar-refractivity contribution in [3.63, 3.8) is 0 Å². The van der Waals surface area contributed by atoms with Crippen LogP contribution in [-0.4, -0.2) is 18.5 Å². The summed E-state index contributed by atoms with van der Waals surface area (Å²) in [6.45, 7) is 1.33. The Morgan fingerprint density at radius 3 is 2.48 bits per heavy atom. The number of halogens is 3. The first-order chi connectivity index (χ1) is 11.8. The maximum atomic E-state index is 12.1. The van der Waals surface area contributed by atoms with E-state index in [1.807, 2.05) is 37.3 Å². The molecular weight excluding hydrogens is 389 g/mol. The number of nitrogens with one attached hydrogen (secondary N) is 2. The highest BCUT2D eigenvalue weighted by Crippen LogP contribution is 2.32. The van der Waals surface area contributed by atoms with Gasteiger partial charge in [0, 0.05) is 0 Å². The first-order valence-corrected chi connectivity index (χ1v) is 8.31.